The van der Waals surface area contributed by atoms with Crippen molar-refractivity contribution < 1.29 is 9.47 Å². The molecule has 0 spiro atoms. The minimum atomic E-state index is -0.246. The molecule has 0 radical (unpaired) electrons. The van der Waals surface area contributed by atoms with E-state index in [-0.39, 0.29) is 11.6 Å². The summed E-state index contributed by atoms with van der Waals surface area (Å²) in [6.45, 7) is 8.91. The first-order valence-electron chi connectivity index (χ1n) is 8.96. The van der Waals surface area contributed by atoms with E-state index < -0.39 is 0 Å². The highest BCUT2D eigenvalue weighted by Crippen LogP contribution is 2.39. The van der Waals surface area contributed by atoms with Crippen LogP contribution in [-0.2, 0) is 0 Å². The summed E-state index contributed by atoms with van der Waals surface area (Å²) in [5.74, 6) is 1.75. The molecule has 1 aliphatic rings. The van der Waals surface area contributed by atoms with Gasteiger partial charge in [-0.1, -0.05) is 23.8 Å². The zero-order chi connectivity index (χ0) is 18.7. The van der Waals surface area contributed by atoms with Crippen LogP contribution < -0.4 is 20.1 Å². The Kier molecular flexibility index (Phi) is 5.37. The molecule has 0 fully saturated rings. The van der Waals surface area contributed by atoms with Crippen LogP contribution in [0.3, 0.4) is 0 Å². The largest absolute Gasteiger partial charge is 0.494 e. The van der Waals surface area contributed by atoms with Gasteiger partial charge >= 0.3 is 0 Å². The molecule has 2 aromatic rings. The van der Waals surface area contributed by atoms with Crippen molar-refractivity contribution in [3.05, 3.63) is 53.6 Å². The van der Waals surface area contributed by atoms with E-state index in [1.54, 1.807) is 0 Å². The van der Waals surface area contributed by atoms with Gasteiger partial charge in [-0.25, -0.2) is 0 Å². The lowest BCUT2D eigenvalue weighted by molar-refractivity contribution is 0.0696. The summed E-state index contributed by atoms with van der Waals surface area (Å²) in [5.41, 5.74) is 3.02. The summed E-state index contributed by atoms with van der Waals surface area (Å²) >= 11 is 5.56. The van der Waals surface area contributed by atoms with E-state index in [4.69, 9.17) is 21.7 Å². The highest BCUT2D eigenvalue weighted by atomic mass is 32.1. The number of nitrogens with one attached hydrogen (secondary N) is 2. The summed E-state index contributed by atoms with van der Waals surface area (Å²) in [4.78, 5) is 0. The molecule has 2 N–H and O–H groups in total. The average Bonchev–Trinajstić information content (AvgIpc) is 2.55. The van der Waals surface area contributed by atoms with Gasteiger partial charge in [-0.3, -0.25) is 0 Å². The summed E-state index contributed by atoms with van der Waals surface area (Å²) < 4.78 is 11.7. The molecular formula is C21H26N2O2S. The van der Waals surface area contributed by atoms with Crippen LogP contribution in [-0.4, -0.2) is 17.3 Å². The van der Waals surface area contributed by atoms with Crippen LogP contribution in [0.25, 0.3) is 0 Å². The Morgan fingerprint density at radius 2 is 2.08 bits per heavy atom. The molecule has 138 valence electrons. The molecule has 5 heteroatoms. The zero-order valence-corrected chi connectivity index (χ0v) is 16.6. The van der Waals surface area contributed by atoms with Gasteiger partial charge in [-0.15, -0.1) is 0 Å². The maximum absolute atomic E-state index is 6.13. The SMILES string of the molecule is CCOc1cccc(NC(=S)N[C@H]2CC(C)(C)Oc3ccc(C)cc32)c1. The molecule has 0 saturated heterocycles. The Morgan fingerprint density at radius 1 is 1.27 bits per heavy atom. The van der Waals surface area contributed by atoms with E-state index in [0.717, 1.165) is 29.2 Å². The van der Waals surface area contributed by atoms with Crippen LogP contribution in [0.5, 0.6) is 11.5 Å². The third kappa shape index (κ3) is 4.47. The van der Waals surface area contributed by atoms with Crippen LogP contribution in [0.2, 0.25) is 0 Å². The third-order valence-electron chi connectivity index (χ3n) is 4.33. The van der Waals surface area contributed by atoms with Crippen molar-refractivity contribution in [3.63, 3.8) is 0 Å². The minimum absolute atomic E-state index is 0.101. The maximum atomic E-state index is 6.13. The molecule has 4 nitrogen and oxygen atoms in total. The van der Waals surface area contributed by atoms with Crippen molar-refractivity contribution in [2.45, 2.75) is 45.8 Å². The minimum Gasteiger partial charge on any atom is -0.494 e. The van der Waals surface area contributed by atoms with Crippen molar-refractivity contribution in [2.75, 3.05) is 11.9 Å². The van der Waals surface area contributed by atoms with E-state index in [0.29, 0.717) is 11.7 Å². The van der Waals surface area contributed by atoms with Gasteiger partial charge in [0.1, 0.15) is 17.1 Å². The fourth-order valence-corrected chi connectivity index (χ4v) is 3.52. The second kappa shape index (κ2) is 7.54. The zero-order valence-electron chi connectivity index (χ0n) is 15.8. The first-order valence-corrected chi connectivity index (χ1v) is 9.37. The normalized spacial score (nSPS) is 17.6. The van der Waals surface area contributed by atoms with E-state index >= 15 is 0 Å². The standard InChI is InChI=1S/C21H26N2O2S/c1-5-24-16-8-6-7-15(12-16)22-20(26)23-18-13-21(3,4)25-19-10-9-14(2)11-17(18)19/h6-12,18H,5,13H2,1-4H3,(H2,22,23,26)/t18-/m0/s1. The van der Waals surface area contributed by atoms with Gasteiger partial charge in [-0.2, -0.15) is 0 Å². The lowest BCUT2D eigenvalue weighted by atomic mass is 9.89. The molecule has 0 amide bonds. The van der Waals surface area contributed by atoms with Crippen LogP contribution in [0.15, 0.2) is 42.5 Å². The van der Waals surface area contributed by atoms with Crippen molar-refractivity contribution in [2.24, 2.45) is 0 Å². The number of fused-ring (bicyclic) bond motifs is 1. The highest BCUT2D eigenvalue weighted by molar-refractivity contribution is 7.80. The monoisotopic (exact) mass is 370 g/mol. The van der Waals surface area contributed by atoms with Gasteiger partial charge in [0.25, 0.3) is 0 Å². The molecule has 0 aromatic heterocycles. The lowest BCUT2D eigenvalue weighted by Crippen LogP contribution is -2.42. The number of rotatable bonds is 4. The predicted molar refractivity (Wildman–Crippen MR) is 110 cm³/mol. The fraction of sp³-hybridized carbons (Fsp3) is 0.381. The number of ether oxygens (including phenoxy) is 2. The van der Waals surface area contributed by atoms with Crippen LogP contribution in [0, 0.1) is 6.92 Å². The number of benzene rings is 2. The maximum Gasteiger partial charge on any atom is 0.171 e. The number of anilines is 1. The van der Waals surface area contributed by atoms with E-state index in [2.05, 4.69) is 43.5 Å². The molecule has 0 bridgehead atoms. The van der Waals surface area contributed by atoms with Crippen molar-refractivity contribution >= 4 is 23.0 Å². The predicted octanol–water partition coefficient (Wildman–Crippen LogP) is 4.98. The quantitative estimate of drug-likeness (QED) is 0.743. The van der Waals surface area contributed by atoms with Gasteiger partial charge in [0.05, 0.1) is 12.6 Å². The fourth-order valence-electron chi connectivity index (χ4n) is 3.26. The Hall–Kier alpha value is -2.27. The third-order valence-corrected chi connectivity index (χ3v) is 4.55. The topological polar surface area (TPSA) is 42.5 Å². The van der Waals surface area contributed by atoms with Crippen molar-refractivity contribution in [3.8, 4) is 11.5 Å². The first kappa shape index (κ1) is 18.5. The van der Waals surface area contributed by atoms with Gasteiger partial charge in [0.15, 0.2) is 5.11 Å². The molecule has 1 aliphatic heterocycles. The highest BCUT2D eigenvalue weighted by Gasteiger charge is 2.34. The van der Waals surface area contributed by atoms with Gasteiger partial charge in [-0.05, 0) is 58.1 Å². The van der Waals surface area contributed by atoms with E-state index in [9.17, 15) is 0 Å². The summed E-state index contributed by atoms with van der Waals surface area (Å²) in [6.07, 6.45) is 0.838. The van der Waals surface area contributed by atoms with E-state index in [1.807, 2.05) is 37.3 Å². The molecule has 2 aromatic carbocycles. The number of hydrogen-bond donors (Lipinski definition) is 2. The molecule has 3 rings (SSSR count). The van der Waals surface area contributed by atoms with Crippen molar-refractivity contribution in [1.29, 1.82) is 0 Å². The Morgan fingerprint density at radius 3 is 2.85 bits per heavy atom. The summed E-state index contributed by atoms with van der Waals surface area (Å²) in [5, 5.41) is 7.31. The average molecular weight is 371 g/mol. The summed E-state index contributed by atoms with van der Waals surface area (Å²) in [7, 11) is 0. The van der Waals surface area contributed by atoms with Gasteiger partial charge in [0.2, 0.25) is 0 Å². The Bertz CT molecular complexity index is 804. The Labute approximate surface area is 160 Å². The lowest BCUT2D eigenvalue weighted by Gasteiger charge is -2.38. The first-order chi connectivity index (χ1) is 12.4. The molecule has 0 aliphatic carbocycles. The summed E-state index contributed by atoms with van der Waals surface area (Å²) in [6, 6.07) is 14.2. The van der Waals surface area contributed by atoms with Crippen LogP contribution >= 0.6 is 12.2 Å². The molecule has 1 atom stereocenters. The number of aryl methyl sites for hydroxylation is 1. The molecule has 0 saturated carbocycles. The van der Waals surface area contributed by atoms with Crippen LogP contribution in [0.4, 0.5) is 5.69 Å². The van der Waals surface area contributed by atoms with E-state index in [1.165, 1.54) is 5.56 Å². The second-order valence-corrected chi connectivity index (χ2v) is 7.63. The number of thiocarbonyl (C=S) groups is 1. The Balaban J connectivity index is 1.75. The smallest absolute Gasteiger partial charge is 0.171 e. The number of hydrogen-bond acceptors (Lipinski definition) is 3. The molecule has 1 heterocycles. The molecule has 26 heavy (non-hydrogen) atoms. The molecule has 0 unspecified atom stereocenters. The van der Waals surface area contributed by atoms with Gasteiger partial charge < -0.3 is 20.1 Å². The second-order valence-electron chi connectivity index (χ2n) is 7.22. The van der Waals surface area contributed by atoms with Crippen LogP contribution in [0.1, 0.15) is 44.4 Å². The molecular weight excluding hydrogens is 344 g/mol. The van der Waals surface area contributed by atoms with Gasteiger partial charge in [0, 0.05) is 23.7 Å². The van der Waals surface area contributed by atoms with Crippen molar-refractivity contribution in [1.82, 2.24) is 5.32 Å².